The van der Waals surface area contributed by atoms with Crippen LogP contribution in [0, 0.1) is 17.2 Å². The highest BCUT2D eigenvalue weighted by Gasteiger charge is 2.25. The number of hydrogen-bond donors (Lipinski definition) is 0. The van der Waals surface area contributed by atoms with Crippen molar-refractivity contribution in [3.63, 3.8) is 0 Å². The molecule has 0 spiro atoms. The molecular formula is C18H21NO4. The van der Waals surface area contributed by atoms with Crippen molar-refractivity contribution in [1.29, 1.82) is 5.26 Å². The monoisotopic (exact) mass is 315 g/mol. The van der Waals surface area contributed by atoms with Crippen LogP contribution < -0.4 is 0 Å². The third kappa shape index (κ3) is 7.28. The molecule has 0 aromatic heterocycles. The highest BCUT2D eigenvalue weighted by atomic mass is 16.6. The Bertz CT molecular complexity index is 574. The molecule has 0 N–H and O–H groups in total. The summed E-state index contributed by atoms with van der Waals surface area (Å²) in [7, 11) is 0. The van der Waals surface area contributed by atoms with Crippen molar-refractivity contribution < 1.29 is 19.1 Å². The van der Waals surface area contributed by atoms with E-state index >= 15 is 0 Å². The van der Waals surface area contributed by atoms with Crippen molar-refractivity contribution in [1.82, 2.24) is 0 Å². The number of carbonyl (C=O) groups excluding carboxylic acids is 2. The molecule has 5 nitrogen and oxygen atoms in total. The van der Waals surface area contributed by atoms with E-state index in [1.165, 1.54) is 6.92 Å². The summed E-state index contributed by atoms with van der Waals surface area (Å²) in [6.45, 7) is 3.25. The Morgan fingerprint density at radius 1 is 1.30 bits per heavy atom. The van der Waals surface area contributed by atoms with Crippen LogP contribution in [0.4, 0.5) is 0 Å². The molecule has 0 bridgehead atoms. The lowest BCUT2D eigenvalue weighted by Gasteiger charge is -2.22. The van der Waals surface area contributed by atoms with Gasteiger partial charge in [0.2, 0.25) is 0 Å². The fourth-order valence-electron chi connectivity index (χ4n) is 2.11. The molecule has 0 amide bonds. The minimum Gasteiger partial charge on any atom is -0.466 e. The van der Waals surface area contributed by atoms with Crippen LogP contribution in [-0.2, 0) is 19.1 Å². The molecule has 23 heavy (non-hydrogen) atoms. The maximum Gasteiger partial charge on any atom is 0.309 e. The van der Waals surface area contributed by atoms with Crippen molar-refractivity contribution in [2.45, 2.75) is 32.8 Å². The van der Waals surface area contributed by atoms with Gasteiger partial charge in [0.25, 0.3) is 0 Å². The predicted molar refractivity (Wildman–Crippen MR) is 86.0 cm³/mol. The number of nitrogens with zero attached hydrogens (tertiary/aromatic N) is 1. The Morgan fingerprint density at radius 3 is 2.57 bits per heavy atom. The Morgan fingerprint density at radius 2 is 2.00 bits per heavy atom. The first-order valence-electron chi connectivity index (χ1n) is 7.49. The lowest BCUT2D eigenvalue weighted by Crippen LogP contribution is -2.28. The summed E-state index contributed by atoms with van der Waals surface area (Å²) in [5, 5.41) is 9.01. The minimum absolute atomic E-state index is 0.0705. The van der Waals surface area contributed by atoms with E-state index in [0.717, 1.165) is 5.56 Å². The number of nitriles is 1. The number of carbonyl (C=O) groups is 2. The zero-order chi connectivity index (χ0) is 17.1. The molecule has 0 radical (unpaired) electrons. The highest BCUT2D eigenvalue weighted by molar-refractivity contribution is 5.71. The summed E-state index contributed by atoms with van der Waals surface area (Å²) < 4.78 is 10.1. The normalized spacial score (nSPS) is 13.1. The Labute approximate surface area is 136 Å². The van der Waals surface area contributed by atoms with Crippen LogP contribution in [0.2, 0.25) is 0 Å². The predicted octanol–water partition coefficient (Wildman–Crippen LogP) is 3.11. The smallest absolute Gasteiger partial charge is 0.309 e. The van der Waals surface area contributed by atoms with Gasteiger partial charge >= 0.3 is 11.9 Å². The summed E-state index contributed by atoms with van der Waals surface area (Å²) in [4.78, 5) is 23.0. The molecule has 1 rings (SSSR count). The average molecular weight is 315 g/mol. The molecule has 0 aliphatic carbocycles. The first kappa shape index (κ1) is 18.4. The van der Waals surface area contributed by atoms with Gasteiger partial charge in [-0.2, -0.15) is 5.26 Å². The zero-order valence-electron chi connectivity index (χ0n) is 13.4. The highest BCUT2D eigenvalue weighted by Crippen LogP contribution is 2.20. The average Bonchev–Trinajstić information content (AvgIpc) is 2.51. The van der Waals surface area contributed by atoms with Crippen LogP contribution in [0.15, 0.2) is 36.4 Å². The van der Waals surface area contributed by atoms with Gasteiger partial charge in [-0.25, -0.2) is 0 Å². The van der Waals surface area contributed by atoms with E-state index in [1.807, 2.05) is 36.4 Å². The quantitative estimate of drug-likeness (QED) is 0.689. The van der Waals surface area contributed by atoms with Crippen LogP contribution in [0.25, 0.3) is 6.08 Å². The maximum absolute atomic E-state index is 11.7. The van der Waals surface area contributed by atoms with Crippen LogP contribution >= 0.6 is 0 Å². The minimum atomic E-state index is -0.717. The Kier molecular flexibility index (Phi) is 8.16. The standard InChI is InChI=1S/C18H21NO4/c1-3-22-18(21)13-17(23-14(2)20)16(11-12-19)10-9-15-7-5-4-6-8-15/h4-10,16-17H,3,11,13H2,1-2H3/b10-9+/t16-,17-/m0/s1. The summed E-state index contributed by atoms with van der Waals surface area (Å²) in [6.07, 6.45) is 3.00. The van der Waals surface area contributed by atoms with Gasteiger partial charge in [-0.1, -0.05) is 42.5 Å². The molecule has 0 saturated heterocycles. The van der Waals surface area contributed by atoms with E-state index in [0.29, 0.717) is 0 Å². The third-order valence-electron chi connectivity index (χ3n) is 3.13. The van der Waals surface area contributed by atoms with Gasteiger partial charge in [-0.3, -0.25) is 9.59 Å². The second kappa shape index (κ2) is 10.2. The molecule has 0 saturated carbocycles. The fourth-order valence-corrected chi connectivity index (χ4v) is 2.11. The lowest BCUT2D eigenvalue weighted by molar-refractivity contribution is -0.155. The zero-order valence-corrected chi connectivity index (χ0v) is 13.4. The van der Waals surface area contributed by atoms with E-state index in [2.05, 4.69) is 6.07 Å². The van der Waals surface area contributed by atoms with Crippen molar-refractivity contribution in [3.8, 4) is 6.07 Å². The van der Waals surface area contributed by atoms with Crippen LogP contribution in [0.3, 0.4) is 0 Å². The van der Waals surface area contributed by atoms with Crippen molar-refractivity contribution in [2.75, 3.05) is 6.61 Å². The lowest BCUT2D eigenvalue weighted by atomic mass is 9.95. The van der Waals surface area contributed by atoms with E-state index in [-0.39, 0.29) is 25.4 Å². The molecule has 0 unspecified atom stereocenters. The van der Waals surface area contributed by atoms with E-state index in [1.54, 1.807) is 13.0 Å². The Hall–Kier alpha value is -2.61. The SMILES string of the molecule is CCOC(=O)C[C@H](OC(C)=O)[C@@H](/C=C/c1ccccc1)CC#N. The largest absolute Gasteiger partial charge is 0.466 e. The maximum atomic E-state index is 11.7. The van der Waals surface area contributed by atoms with Gasteiger partial charge < -0.3 is 9.47 Å². The van der Waals surface area contributed by atoms with Gasteiger partial charge in [0, 0.05) is 19.3 Å². The summed E-state index contributed by atoms with van der Waals surface area (Å²) in [6, 6.07) is 11.6. The molecule has 5 heteroatoms. The first-order chi connectivity index (χ1) is 11.1. The van der Waals surface area contributed by atoms with Crippen LogP contribution in [-0.4, -0.2) is 24.6 Å². The number of esters is 2. The van der Waals surface area contributed by atoms with Crippen molar-refractivity contribution in [2.24, 2.45) is 5.92 Å². The van der Waals surface area contributed by atoms with Gasteiger partial charge in [-0.15, -0.1) is 0 Å². The molecule has 0 aliphatic heterocycles. The molecular weight excluding hydrogens is 294 g/mol. The molecule has 0 heterocycles. The third-order valence-corrected chi connectivity index (χ3v) is 3.13. The van der Waals surface area contributed by atoms with Crippen molar-refractivity contribution in [3.05, 3.63) is 42.0 Å². The van der Waals surface area contributed by atoms with Crippen LogP contribution in [0.5, 0.6) is 0 Å². The number of rotatable bonds is 8. The number of benzene rings is 1. The molecule has 0 fully saturated rings. The molecule has 0 aliphatic rings. The summed E-state index contributed by atoms with van der Waals surface area (Å²) in [5.41, 5.74) is 0.966. The number of hydrogen-bond acceptors (Lipinski definition) is 5. The van der Waals surface area contributed by atoms with E-state index in [4.69, 9.17) is 14.7 Å². The molecule has 2 atom stereocenters. The molecule has 1 aromatic carbocycles. The second-order valence-corrected chi connectivity index (χ2v) is 4.95. The Balaban J connectivity index is 2.90. The van der Waals surface area contributed by atoms with E-state index in [9.17, 15) is 9.59 Å². The van der Waals surface area contributed by atoms with Gasteiger partial charge in [0.15, 0.2) is 0 Å². The number of ether oxygens (including phenoxy) is 2. The summed E-state index contributed by atoms with van der Waals surface area (Å²) >= 11 is 0. The first-order valence-corrected chi connectivity index (χ1v) is 7.49. The van der Waals surface area contributed by atoms with Gasteiger partial charge in [-0.05, 0) is 12.5 Å². The summed E-state index contributed by atoms with van der Waals surface area (Å²) in [5.74, 6) is -1.32. The van der Waals surface area contributed by atoms with Gasteiger partial charge in [0.05, 0.1) is 19.1 Å². The molecule has 122 valence electrons. The topological polar surface area (TPSA) is 76.4 Å². The second-order valence-electron chi connectivity index (χ2n) is 4.95. The van der Waals surface area contributed by atoms with Crippen LogP contribution in [0.1, 0.15) is 32.3 Å². The van der Waals surface area contributed by atoms with Gasteiger partial charge in [0.1, 0.15) is 6.10 Å². The fraction of sp³-hybridized carbons (Fsp3) is 0.389. The van der Waals surface area contributed by atoms with Crippen molar-refractivity contribution >= 4 is 18.0 Å². The van der Waals surface area contributed by atoms with E-state index < -0.39 is 18.0 Å². The molecule has 1 aromatic rings.